The van der Waals surface area contributed by atoms with Gasteiger partial charge in [0.05, 0.1) is 0 Å². The van der Waals surface area contributed by atoms with Gasteiger partial charge >= 0.3 is 23.2 Å². The summed E-state index contributed by atoms with van der Waals surface area (Å²) in [7, 11) is -12.5. The quantitative estimate of drug-likeness (QED) is 0.125. The molecule has 0 saturated carbocycles. The molecule has 1 aliphatic heterocycles. The van der Waals surface area contributed by atoms with Crippen LogP contribution in [0.15, 0.2) is 0 Å². The van der Waals surface area contributed by atoms with E-state index in [0.717, 1.165) is 77.0 Å². The van der Waals surface area contributed by atoms with E-state index in [1.165, 1.54) is 0 Å². The van der Waals surface area contributed by atoms with Crippen molar-refractivity contribution in [2.45, 2.75) is 119 Å². The summed E-state index contributed by atoms with van der Waals surface area (Å²) in [5.41, 5.74) is 0. The molecule has 12 heteroatoms. The summed E-state index contributed by atoms with van der Waals surface area (Å²) < 4.78 is 66.2. The molecule has 0 amide bonds. The normalized spacial score (nSPS) is 26.9. The van der Waals surface area contributed by atoms with E-state index in [4.69, 9.17) is 12.9 Å². The third-order valence-corrected chi connectivity index (χ3v) is 14.5. The van der Waals surface area contributed by atoms with Crippen molar-refractivity contribution >= 4 is 23.2 Å². The van der Waals surface area contributed by atoms with E-state index < -0.39 is 23.2 Å². The molecule has 0 aromatic heterocycles. The topological polar surface area (TPSA) is 88.6 Å². The maximum Gasteiger partial charge on any atom is 0.424 e. The van der Waals surface area contributed by atoms with Gasteiger partial charge in [-0.15, -0.1) is 0 Å². The van der Waals surface area contributed by atoms with Gasteiger partial charge in [0.15, 0.2) is 0 Å². The average Bonchev–Trinajstić information content (AvgIpc) is 2.83. The molecule has 1 heterocycles. The van der Waals surface area contributed by atoms with Crippen molar-refractivity contribution in [2.24, 2.45) is 0 Å². The molecule has 0 aromatic rings. The maximum atomic E-state index is 14.5. The molecule has 0 spiro atoms. The molecule has 1 saturated heterocycles. The third kappa shape index (κ3) is 10.5. The Morgan fingerprint density at radius 3 is 0.694 bits per heavy atom. The fourth-order valence-electron chi connectivity index (χ4n) is 3.86. The molecule has 216 valence electrons. The van der Waals surface area contributed by atoms with Crippen LogP contribution in [0.25, 0.3) is 0 Å². The van der Waals surface area contributed by atoms with Gasteiger partial charge in [-0.25, -0.2) is 40.6 Å². The molecule has 0 bridgehead atoms. The van der Waals surface area contributed by atoms with Gasteiger partial charge in [0.2, 0.25) is 0 Å². The summed E-state index contributed by atoms with van der Waals surface area (Å²) >= 11 is 0. The average molecular weight is 574 g/mol. The standard InChI is InChI=1S/C24H54N3O6P3/c1-7-13-19-25(20-14-8-2)34(28)31-35(29,26(21-15-9-3)22-16-10-4)33-36(30,32-34)27(23-17-11-5)24-18-12-6/h7-24H2,1-6H3. The van der Waals surface area contributed by atoms with E-state index in [9.17, 15) is 13.7 Å². The van der Waals surface area contributed by atoms with E-state index in [2.05, 4.69) is 41.5 Å². The molecule has 0 aliphatic carbocycles. The highest BCUT2D eigenvalue weighted by molar-refractivity contribution is 7.78. The number of unbranched alkanes of at least 4 members (excludes halogenated alkanes) is 6. The zero-order chi connectivity index (χ0) is 27.1. The molecular formula is C24H54N3O6P3. The van der Waals surface area contributed by atoms with Crippen LogP contribution in [0.5, 0.6) is 0 Å². The predicted molar refractivity (Wildman–Crippen MR) is 150 cm³/mol. The Morgan fingerprint density at radius 1 is 0.389 bits per heavy atom. The second kappa shape index (κ2) is 17.9. The van der Waals surface area contributed by atoms with Crippen LogP contribution in [-0.2, 0) is 26.6 Å². The number of rotatable bonds is 21. The van der Waals surface area contributed by atoms with Gasteiger partial charge in [-0.1, -0.05) is 80.1 Å². The maximum absolute atomic E-state index is 14.5. The number of nitrogens with zero attached hydrogens (tertiary/aromatic N) is 3. The zero-order valence-electron chi connectivity index (χ0n) is 23.9. The minimum Gasteiger partial charge on any atom is -0.240 e. The van der Waals surface area contributed by atoms with E-state index in [1.807, 2.05) is 0 Å². The molecule has 0 N–H and O–H groups in total. The second-order valence-electron chi connectivity index (χ2n) is 9.63. The van der Waals surface area contributed by atoms with Crippen LogP contribution in [0.4, 0.5) is 0 Å². The molecule has 1 aliphatic rings. The lowest BCUT2D eigenvalue weighted by molar-refractivity contribution is 0.169. The van der Waals surface area contributed by atoms with E-state index in [1.54, 1.807) is 14.0 Å². The monoisotopic (exact) mass is 573 g/mol. The second-order valence-corrected chi connectivity index (χ2v) is 16.1. The Kier molecular flexibility index (Phi) is 17.2. The van der Waals surface area contributed by atoms with Crippen LogP contribution in [0, 0.1) is 0 Å². The smallest absolute Gasteiger partial charge is 0.240 e. The van der Waals surface area contributed by atoms with E-state index in [-0.39, 0.29) is 0 Å². The first-order chi connectivity index (χ1) is 17.2. The molecule has 9 nitrogen and oxygen atoms in total. The Balaban J connectivity index is 3.57. The summed E-state index contributed by atoms with van der Waals surface area (Å²) in [6.07, 6.45) is 10.0. The van der Waals surface area contributed by atoms with Crippen molar-refractivity contribution in [3.05, 3.63) is 0 Å². The lowest BCUT2D eigenvalue weighted by Gasteiger charge is -2.44. The van der Waals surface area contributed by atoms with Crippen LogP contribution in [-0.4, -0.2) is 53.3 Å². The van der Waals surface area contributed by atoms with E-state index >= 15 is 0 Å². The fraction of sp³-hybridized carbons (Fsp3) is 1.00. The molecule has 0 aromatic carbocycles. The van der Waals surface area contributed by atoms with Gasteiger partial charge in [0.25, 0.3) is 0 Å². The molecule has 1 fully saturated rings. The van der Waals surface area contributed by atoms with E-state index in [0.29, 0.717) is 39.3 Å². The van der Waals surface area contributed by atoms with Crippen LogP contribution in [0.2, 0.25) is 0 Å². The van der Waals surface area contributed by atoms with Gasteiger partial charge in [-0.2, -0.15) is 0 Å². The minimum absolute atomic E-state index is 0.460. The van der Waals surface area contributed by atoms with Crippen molar-refractivity contribution in [1.29, 1.82) is 0 Å². The first-order valence-electron chi connectivity index (χ1n) is 14.4. The zero-order valence-corrected chi connectivity index (χ0v) is 26.5. The van der Waals surface area contributed by atoms with Crippen molar-refractivity contribution < 1.29 is 26.6 Å². The van der Waals surface area contributed by atoms with Crippen LogP contribution >= 0.6 is 23.2 Å². The summed E-state index contributed by atoms with van der Waals surface area (Å²) in [4.78, 5) is 0. The van der Waals surface area contributed by atoms with Gasteiger partial charge in [-0.3, -0.25) is 0 Å². The summed E-state index contributed by atoms with van der Waals surface area (Å²) in [6, 6.07) is 0. The summed E-state index contributed by atoms with van der Waals surface area (Å²) in [5, 5.41) is 0. The highest BCUT2D eigenvalue weighted by atomic mass is 31.3. The lowest BCUT2D eigenvalue weighted by atomic mass is 10.3. The summed E-state index contributed by atoms with van der Waals surface area (Å²) in [6.45, 7) is 15.1. The molecule has 36 heavy (non-hydrogen) atoms. The third-order valence-electron chi connectivity index (χ3n) is 6.28. The molecular weight excluding hydrogens is 519 g/mol. The van der Waals surface area contributed by atoms with Crippen LogP contribution in [0.1, 0.15) is 119 Å². The highest BCUT2D eigenvalue weighted by Gasteiger charge is 2.59. The molecule has 1 rings (SSSR count). The van der Waals surface area contributed by atoms with Gasteiger partial charge < -0.3 is 0 Å². The number of hydrogen-bond donors (Lipinski definition) is 0. The summed E-state index contributed by atoms with van der Waals surface area (Å²) in [5.74, 6) is 0. The lowest BCUT2D eigenvalue weighted by Crippen LogP contribution is -2.35. The fourth-order valence-corrected chi connectivity index (χ4v) is 12.9. The van der Waals surface area contributed by atoms with Crippen molar-refractivity contribution in [3.8, 4) is 0 Å². The Hall–Kier alpha value is 0.450. The van der Waals surface area contributed by atoms with Gasteiger partial charge in [0.1, 0.15) is 0 Å². The largest absolute Gasteiger partial charge is 0.424 e. The van der Waals surface area contributed by atoms with Crippen LogP contribution < -0.4 is 0 Å². The Bertz CT molecular complexity index is 605. The SMILES string of the molecule is CCCCN(CCCC)P1(=O)OP(=O)(N(CCCC)CCCC)OP(=O)(N(CCCC)CCCC)O1. The number of hydrogen-bond acceptors (Lipinski definition) is 6. The van der Waals surface area contributed by atoms with Gasteiger partial charge in [0, 0.05) is 39.3 Å². The van der Waals surface area contributed by atoms with Crippen molar-refractivity contribution in [3.63, 3.8) is 0 Å². The first-order valence-corrected chi connectivity index (χ1v) is 18.9. The Labute approximate surface area is 221 Å². The Morgan fingerprint density at radius 2 is 0.556 bits per heavy atom. The van der Waals surface area contributed by atoms with Gasteiger partial charge in [-0.05, 0) is 38.5 Å². The van der Waals surface area contributed by atoms with Crippen molar-refractivity contribution in [2.75, 3.05) is 39.3 Å². The highest BCUT2D eigenvalue weighted by Crippen LogP contribution is 2.84. The molecule has 0 radical (unpaired) electrons. The van der Waals surface area contributed by atoms with Crippen molar-refractivity contribution in [1.82, 2.24) is 14.0 Å². The molecule has 0 atom stereocenters. The van der Waals surface area contributed by atoms with Crippen LogP contribution in [0.3, 0.4) is 0 Å². The predicted octanol–water partition coefficient (Wildman–Crippen LogP) is 9.08. The minimum atomic E-state index is -4.16. The first kappa shape index (κ1) is 34.5. The molecule has 0 unspecified atom stereocenters.